The highest BCUT2D eigenvalue weighted by atomic mass is 16.5. The molecule has 4 amide bonds. The van der Waals surface area contributed by atoms with E-state index in [1.165, 1.54) is 37.3 Å². The second-order valence-corrected chi connectivity index (χ2v) is 7.42. The fourth-order valence-corrected chi connectivity index (χ4v) is 3.43. The Hall–Kier alpha value is -4.21. The Kier molecular flexibility index (Phi) is 6.76. The zero-order valence-electron chi connectivity index (χ0n) is 18.6. The number of hydrogen-bond donors (Lipinski definition) is 1. The molecule has 0 aliphatic carbocycles. The number of hydrogen-bond acceptors (Lipinski definition) is 7. The summed E-state index contributed by atoms with van der Waals surface area (Å²) in [6.45, 7) is 2.95. The van der Waals surface area contributed by atoms with E-state index >= 15 is 0 Å². The van der Waals surface area contributed by atoms with Gasteiger partial charge in [0.1, 0.15) is 12.6 Å². The van der Waals surface area contributed by atoms with E-state index < -0.39 is 42.4 Å². The van der Waals surface area contributed by atoms with Crippen LogP contribution >= 0.6 is 0 Å². The molecule has 0 bridgehead atoms. The van der Waals surface area contributed by atoms with Gasteiger partial charge in [-0.1, -0.05) is 17.7 Å². The summed E-state index contributed by atoms with van der Waals surface area (Å²) in [6, 6.07) is 9.59. The van der Waals surface area contributed by atoms with Crippen LogP contribution in [0.1, 0.15) is 33.2 Å². The Morgan fingerprint density at radius 2 is 1.48 bits per heavy atom. The third-order valence-electron chi connectivity index (χ3n) is 5.12. The van der Waals surface area contributed by atoms with Crippen LogP contribution in [-0.4, -0.2) is 61.5 Å². The number of nitrogens with zero attached hydrogens (tertiary/aromatic N) is 2. The molecule has 0 radical (unpaired) electrons. The fraction of sp³-hybridized carbons (Fsp3) is 0.261. The van der Waals surface area contributed by atoms with Crippen LogP contribution in [0.5, 0.6) is 0 Å². The number of rotatable bonds is 6. The van der Waals surface area contributed by atoms with Gasteiger partial charge in [0, 0.05) is 11.4 Å². The molecule has 2 aromatic carbocycles. The second kappa shape index (κ2) is 9.51. The molecule has 1 fully saturated rings. The first kappa shape index (κ1) is 23.5. The van der Waals surface area contributed by atoms with Gasteiger partial charge in [0.05, 0.1) is 25.3 Å². The van der Waals surface area contributed by atoms with E-state index in [-0.39, 0.29) is 16.8 Å². The summed E-state index contributed by atoms with van der Waals surface area (Å²) in [5, 5.41) is 2.51. The minimum atomic E-state index is -0.776. The van der Waals surface area contributed by atoms with Gasteiger partial charge < -0.3 is 14.8 Å². The van der Waals surface area contributed by atoms with Crippen molar-refractivity contribution in [3.8, 4) is 0 Å². The summed E-state index contributed by atoms with van der Waals surface area (Å²) in [5.41, 5.74) is 1.68. The maximum Gasteiger partial charge on any atom is 0.337 e. The van der Waals surface area contributed by atoms with Gasteiger partial charge in [0.25, 0.3) is 5.91 Å². The predicted octanol–water partition coefficient (Wildman–Crippen LogP) is 2.36. The summed E-state index contributed by atoms with van der Waals surface area (Å²) in [7, 11) is 2.36. The molecule has 1 aliphatic rings. The molecule has 0 aromatic heterocycles. The monoisotopic (exact) mass is 453 g/mol. The van der Waals surface area contributed by atoms with Gasteiger partial charge in [0.2, 0.25) is 5.91 Å². The number of urea groups is 1. The first-order valence-corrected chi connectivity index (χ1v) is 9.99. The maximum absolute atomic E-state index is 12.9. The molecule has 10 heteroatoms. The molecular weight excluding hydrogens is 430 g/mol. The van der Waals surface area contributed by atoms with Crippen molar-refractivity contribution in [2.75, 3.05) is 31.0 Å². The van der Waals surface area contributed by atoms with Gasteiger partial charge in [0.15, 0.2) is 0 Å². The van der Waals surface area contributed by atoms with Crippen LogP contribution in [0, 0.1) is 6.92 Å². The number of aryl methyl sites for hydroxylation is 1. The van der Waals surface area contributed by atoms with Crippen molar-refractivity contribution in [2.24, 2.45) is 0 Å². The van der Waals surface area contributed by atoms with E-state index in [9.17, 15) is 24.0 Å². The topological polar surface area (TPSA) is 122 Å². The molecular formula is C23H23N3O7. The molecule has 1 N–H and O–H groups in total. The highest BCUT2D eigenvalue weighted by Crippen LogP contribution is 2.26. The van der Waals surface area contributed by atoms with E-state index in [2.05, 4.69) is 14.8 Å². The van der Waals surface area contributed by atoms with Crippen molar-refractivity contribution in [1.29, 1.82) is 0 Å². The number of benzene rings is 2. The lowest BCUT2D eigenvalue weighted by Crippen LogP contribution is -2.39. The molecule has 1 aliphatic heterocycles. The van der Waals surface area contributed by atoms with E-state index in [0.717, 1.165) is 10.5 Å². The smallest absolute Gasteiger partial charge is 0.337 e. The first-order valence-electron chi connectivity index (χ1n) is 9.99. The quantitative estimate of drug-likeness (QED) is 0.526. The Morgan fingerprint density at radius 3 is 2.00 bits per heavy atom. The molecule has 0 spiro atoms. The van der Waals surface area contributed by atoms with E-state index in [0.29, 0.717) is 5.69 Å². The average molecular weight is 453 g/mol. The van der Waals surface area contributed by atoms with Gasteiger partial charge in [-0.2, -0.15) is 0 Å². The molecule has 1 unspecified atom stereocenters. The summed E-state index contributed by atoms with van der Waals surface area (Å²) >= 11 is 0. The Bertz CT molecular complexity index is 1090. The third-order valence-corrected chi connectivity index (χ3v) is 5.12. The Labute approximate surface area is 190 Å². The highest BCUT2D eigenvalue weighted by Gasteiger charge is 2.44. The van der Waals surface area contributed by atoms with Crippen molar-refractivity contribution in [2.45, 2.75) is 19.9 Å². The average Bonchev–Trinajstić information content (AvgIpc) is 3.01. The number of imide groups is 1. The van der Waals surface area contributed by atoms with Gasteiger partial charge in [-0.15, -0.1) is 0 Å². The number of methoxy groups -OCH3 is 2. The van der Waals surface area contributed by atoms with Crippen molar-refractivity contribution < 1.29 is 33.4 Å². The van der Waals surface area contributed by atoms with Crippen molar-refractivity contribution in [1.82, 2.24) is 4.90 Å². The van der Waals surface area contributed by atoms with Crippen LogP contribution in [0.25, 0.3) is 0 Å². The number of carbonyl (C=O) groups excluding carboxylic acids is 5. The Balaban J connectivity index is 1.79. The molecule has 10 nitrogen and oxygen atoms in total. The Morgan fingerprint density at radius 1 is 0.939 bits per heavy atom. The minimum absolute atomic E-state index is 0.0168. The maximum atomic E-state index is 12.9. The molecule has 1 saturated heterocycles. The van der Waals surface area contributed by atoms with E-state index in [1.54, 1.807) is 19.1 Å². The number of nitrogens with one attached hydrogen (secondary N) is 1. The fourth-order valence-electron chi connectivity index (χ4n) is 3.43. The molecule has 33 heavy (non-hydrogen) atoms. The lowest BCUT2D eigenvalue weighted by Gasteiger charge is -2.19. The van der Waals surface area contributed by atoms with Crippen molar-refractivity contribution in [3.05, 3.63) is 59.2 Å². The molecule has 172 valence electrons. The summed E-state index contributed by atoms with van der Waals surface area (Å²) in [4.78, 5) is 64.2. The molecule has 1 heterocycles. The summed E-state index contributed by atoms with van der Waals surface area (Å²) in [6.07, 6.45) is 0. The van der Waals surface area contributed by atoms with Crippen molar-refractivity contribution in [3.63, 3.8) is 0 Å². The lowest BCUT2D eigenvalue weighted by atomic mass is 10.1. The van der Waals surface area contributed by atoms with Gasteiger partial charge >= 0.3 is 18.0 Å². The van der Waals surface area contributed by atoms with Crippen LogP contribution in [0.3, 0.4) is 0 Å². The molecule has 3 rings (SSSR count). The van der Waals surface area contributed by atoms with Gasteiger partial charge in [-0.25, -0.2) is 14.4 Å². The first-order chi connectivity index (χ1) is 15.7. The minimum Gasteiger partial charge on any atom is -0.465 e. The largest absolute Gasteiger partial charge is 0.465 e. The van der Waals surface area contributed by atoms with Crippen LogP contribution in [0.2, 0.25) is 0 Å². The van der Waals surface area contributed by atoms with E-state index in [4.69, 9.17) is 0 Å². The summed E-state index contributed by atoms with van der Waals surface area (Å²) < 4.78 is 9.33. The number of ether oxygens (including phenoxy) is 2. The van der Waals surface area contributed by atoms with Gasteiger partial charge in [-0.05, 0) is 44.2 Å². The highest BCUT2D eigenvalue weighted by molar-refractivity contribution is 6.16. The predicted molar refractivity (Wildman–Crippen MR) is 118 cm³/mol. The second-order valence-electron chi connectivity index (χ2n) is 7.42. The number of carbonyl (C=O) groups is 5. The van der Waals surface area contributed by atoms with Crippen LogP contribution in [-0.2, 0) is 19.1 Å². The summed E-state index contributed by atoms with van der Waals surface area (Å²) in [5.74, 6) is -2.64. The zero-order chi connectivity index (χ0) is 24.3. The molecule has 0 saturated carbocycles. The standard InChI is InChI=1S/C23H23N3O7/c1-13-5-7-18(8-6-13)26-14(2)20(28)25(23(26)31)12-19(27)24-17-10-15(21(29)32-3)9-16(11-17)22(30)33-4/h5-11,14H,12H2,1-4H3,(H,24,27). The number of anilines is 2. The number of esters is 2. The zero-order valence-corrected chi connectivity index (χ0v) is 18.6. The van der Waals surface area contributed by atoms with Crippen LogP contribution in [0.4, 0.5) is 16.2 Å². The van der Waals surface area contributed by atoms with Gasteiger partial charge in [-0.3, -0.25) is 19.4 Å². The van der Waals surface area contributed by atoms with E-state index in [1.807, 2.05) is 19.1 Å². The normalized spacial score (nSPS) is 15.5. The van der Waals surface area contributed by atoms with Crippen LogP contribution in [0.15, 0.2) is 42.5 Å². The third kappa shape index (κ3) is 4.84. The van der Waals surface area contributed by atoms with Crippen molar-refractivity contribution >= 4 is 41.2 Å². The lowest BCUT2D eigenvalue weighted by molar-refractivity contribution is -0.130. The molecule has 2 aromatic rings. The molecule has 1 atom stereocenters. The SMILES string of the molecule is COC(=O)c1cc(NC(=O)CN2C(=O)C(C)N(c3ccc(C)cc3)C2=O)cc(C(=O)OC)c1. The van der Waals surface area contributed by atoms with Crippen LogP contribution < -0.4 is 10.2 Å². The number of amides is 4.